The Morgan fingerprint density at radius 2 is 1.85 bits per heavy atom. The van der Waals surface area contributed by atoms with E-state index in [9.17, 15) is 9.59 Å². The fourth-order valence-corrected chi connectivity index (χ4v) is 2.76. The monoisotopic (exact) mass is 274 g/mol. The zero-order valence-electron chi connectivity index (χ0n) is 12.1. The maximum absolute atomic E-state index is 12.5. The second-order valence-electron chi connectivity index (χ2n) is 5.65. The molecule has 0 aromatic heterocycles. The number of Topliss-reactive ketones (excluding diaryl/α,β-unsaturated/α-hetero) is 1. The highest BCUT2D eigenvalue weighted by Crippen LogP contribution is 2.23. The van der Waals surface area contributed by atoms with Crippen LogP contribution in [-0.4, -0.2) is 35.7 Å². The molecule has 108 valence electrons. The van der Waals surface area contributed by atoms with Crippen molar-refractivity contribution in [2.24, 2.45) is 11.7 Å². The van der Waals surface area contributed by atoms with E-state index < -0.39 is 0 Å². The van der Waals surface area contributed by atoms with Crippen LogP contribution in [0, 0.1) is 5.92 Å². The normalized spacial score (nSPS) is 22.6. The first kappa shape index (κ1) is 14.7. The van der Waals surface area contributed by atoms with Gasteiger partial charge in [-0.3, -0.25) is 9.59 Å². The summed E-state index contributed by atoms with van der Waals surface area (Å²) >= 11 is 0. The Kier molecular flexibility index (Phi) is 4.55. The van der Waals surface area contributed by atoms with Gasteiger partial charge in [-0.1, -0.05) is 19.1 Å². The van der Waals surface area contributed by atoms with Crippen molar-refractivity contribution in [2.75, 3.05) is 13.1 Å². The number of piperidine rings is 1. The van der Waals surface area contributed by atoms with Gasteiger partial charge in [-0.05, 0) is 37.8 Å². The largest absolute Gasteiger partial charge is 0.334 e. The predicted molar refractivity (Wildman–Crippen MR) is 78.7 cm³/mol. The molecule has 0 saturated carbocycles. The minimum Gasteiger partial charge on any atom is -0.334 e. The molecule has 4 heteroatoms. The van der Waals surface area contributed by atoms with Gasteiger partial charge in [-0.15, -0.1) is 0 Å². The highest BCUT2D eigenvalue weighted by Gasteiger charge is 2.29. The highest BCUT2D eigenvalue weighted by atomic mass is 16.2. The smallest absolute Gasteiger partial charge is 0.254 e. The molecule has 2 rings (SSSR count). The van der Waals surface area contributed by atoms with Crippen LogP contribution in [0.5, 0.6) is 0 Å². The second-order valence-corrected chi connectivity index (χ2v) is 5.65. The second kappa shape index (κ2) is 6.18. The summed E-state index contributed by atoms with van der Waals surface area (Å²) in [4.78, 5) is 25.7. The van der Waals surface area contributed by atoms with E-state index in [2.05, 4.69) is 6.92 Å². The van der Waals surface area contributed by atoms with E-state index in [1.54, 1.807) is 24.3 Å². The third kappa shape index (κ3) is 3.07. The van der Waals surface area contributed by atoms with Gasteiger partial charge < -0.3 is 10.6 Å². The average molecular weight is 274 g/mol. The van der Waals surface area contributed by atoms with Crippen molar-refractivity contribution >= 4 is 11.7 Å². The van der Waals surface area contributed by atoms with Crippen molar-refractivity contribution in [2.45, 2.75) is 32.7 Å². The van der Waals surface area contributed by atoms with Gasteiger partial charge in [0, 0.05) is 30.3 Å². The summed E-state index contributed by atoms with van der Waals surface area (Å²) in [5.41, 5.74) is 7.05. The van der Waals surface area contributed by atoms with Gasteiger partial charge in [0.25, 0.3) is 5.91 Å². The van der Waals surface area contributed by atoms with Crippen molar-refractivity contribution in [1.29, 1.82) is 0 Å². The number of hydrogen-bond acceptors (Lipinski definition) is 3. The van der Waals surface area contributed by atoms with Gasteiger partial charge in [0.1, 0.15) is 0 Å². The molecule has 1 amide bonds. The van der Waals surface area contributed by atoms with E-state index >= 15 is 0 Å². The van der Waals surface area contributed by atoms with E-state index in [-0.39, 0.29) is 17.7 Å². The van der Waals surface area contributed by atoms with Crippen molar-refractivity contribution in [1.82, 2.24) is 4.90 Å². The standard InChI is InChI=1S/C16H22N2O2/c1-11-7-8-18(15(9-11)10-17)16(20)14-5-3-13(4-6-14)12(2)19/h3-6,11,15H,7-10,17H2,1-2H3. The van der Waals surface area contributed by atoms with Crippen LogP contribution in [0.2, 0.25) is 0 Å². The number of hydrogen-bond donors (Lipinski definition) is 1. The number of likely N-dealkylation sites (tertiary alicyclic amines) is 1. The van der Waals surface area contributed by atoms with Crippen LogP contribution < -0.4 is 5.73 Å². The number of nitrogens with two attached hydrogens (primary N) is 1. The molecule has 1 heterocycles. The number of amides is 1. The van der Waals surface area contributed by atoms with Gasteiger partial charge in [-0.2, -0.15) is 0 Å². The molecule has 2 unspecified atom stereocenters. The Balaban J connectivity index is 2.15. The Morgan fingerprint density at radius 3 is 2.40 bits per heavy atom. The first-order valence-corrected chi connectivity index (χ1v) is 7.15. The van der Waals surface area contributed by atoms with Crippen LogP contribution in [-0.2, 0) is 0 Å². The van der Waals surface area contributed by atoms with E-state index in [1.165, 1.54) is 6.92 Å². The topological polar surface area (TPSA) is 63.4 Å². The van der Waals surface area contributed by atoms with E-state index in [1.807, 2.05) is 4.90 Å². The van der Waals surface area contributed by atoms with Crippen LogP contribution in [0.3, 0.4) is 0 Å². The maximum Gasteiger partial charge on any atom is 0.254 e. The molecule has 1 aromatic carbocycles. The third-order valence-electron chi connectivity index (χ3n) is 4.05. The number of ketones is 1. The Morgan fingerprint density at radius 1 is 1.25 bits per heavy atom. The summed E-state index contributed by atoms with van der Waals surface area (Å²) < 4.78 is 0. The van der Waals surface area contributed by atoms with Gasteiger partial charge in [-0.25, -0.2) is 0 Å². The zero-order chi connectivity index (χ0) is 14.7. The molecule has 4 nitrogen and oxygen atoms in total. The Bertz CT molecular complexity index is 496. The Labute approximate surface area is 119 Å². The van der Waals surface area contributed by atoms with Crippen LogP contribution in [0.4, 0.5) is 0 Å². The molecular weight excluding hydrogens is 252 g/mol. The molecule has 1 saturated heterocycles. The molecule has 0 bridgehead atoms. The summed E-state index contributed by atoms with van der Waals surface area (Å²) in [6, 6.07) is 6.99. The fourth-order valence-electron chi connectivity index (χ4n) is 2.76. The summed E-state index contributed by atoms with van der Waals surface area (Å²) in [5.74, 6) is 0.644. The first-order chi connectivity index (χ1) is 9.52. The third-order valence-corrected chi connectivity index (χ3v) is 4.05. The van der Waals surface area contributed by atoms with Crippen molar-refractivity contribution in [3.63, 3.8) is 0 Å². The quantitative estimate of drug-likeness (QED) is 0.858. The summed E-state index contributed by atoms with van der Waals surface area (Å²) in [6.45, 7) is 4.98. The van der Waals surface area contributed by atoms with E-state index in [4.69, 9.17) is 5.73 Å². The summed E-state index contributed by atoms with van der Waals surface area (Å²) in [7, 11) is 0. The molecule has 0 aliphatic carbocycles. The first-order valence-electron chi connectivity index (χ1n) is 7.15. The molecule has 1 aromatic rings. The van der Waals surface area contributed by atoms with Gasteiger partial charge in [0.15, 0.2) is 5.78 Å². The number of nitrogens with zero attached hydrogens (tertiary/aromatic N) is 1. The molecule has 2 atom stereocenters. The molecule has 1 fully saturated rings. The van der Waals surface area contributed by atoms with Crippen molar-refractivity contribution < 1.29 is 9.59 Å². The molecule has 0 spiro atoms. The SMILES string of the molecule is CC(=O)c1ccc(C(=O)N2CCC(C)CC2CN)cc1. The lowest BCUT2D eigenvalue weighted by Crippen LogP contribution is -2.49. The van der Waals surface area contributed by atoms with Gasteiger partial charge in [0.2, 0.25) is 0 Å². The van der Waals surface area contributed by atoms with Crippen molar-refractivity contribution in [3.8, 4) is 0 Å². The summed E-state index contributed by atoms with van der Waals surface area (Å²) in [5, 5.41) is 0. The fraction of sp³-hybridized carbons (Fsp3) is 0.500. The van der Waals surface area contributed by atoms with Crippen LogP contribution in [0.15, 0.2) is 24.3 Å². The lowest BCUT2D eigenvalue weighted by atomic mass is 9.92. The van der Waals surface area contributed by atoms with Crippen LogP contribution >= 0.6 is 0 Å². The number of benzene rings is 1. The van der Waals surface area contributed by atoms with E-state index in [0.717, 1.165) is 19.4 Å². The molecule has 1 aliphatic rings. The molecule has 1 aliphatic heterocycles. The van der Waals surface area contributed by atoms with Crippen molar-refractivity contribution in [3.05, 3.63) is 35.4 Å². The summed E-state index contributed by atoms with van der Waals surface area (Å²) in [6.07, 6.45) is 1.99. The number of rotatable bonds is 3. The van der Waals surface area contributed by atoms with Crippen LogP contribution in [0.25, 0.3) is 0 Å². The zero-order valence-corrected chi connectivity index (χ0v) is 12.1. The molecule has 0 radical (unpaired) electrons. The molecular formula is C16H22N2O2. The van der Waals surface area contributed by atoms with Crippen LogP contribution in [0.1, 0.15) is 47.4 Å². The minimum atomic E-state index is 0.00984. The highest BCUT2D eigenvalue weighted by molar-refractivity contribution is 5.97. The predicted octanol–water partition coefficient (Wildman–Crippen LogP) is 2.09. The Hall–Kier alpha value is -1.68. The van der Waals surface area contributed by atoms with Gasteiger partial charge >= 0.3 is 0 Å². The van der Waals surface area contributed by atoms with E-state index in [0.29, 0.717) is 23.6 Å². The number of carbonyl (C=O) groups is 2. The van der Waals surface area contributed by atoms with Gasteiger partial charge in [0.05, 0.1) is 0 Å². The average Bonchev–Trinajstić information content (AvgIpc) is 2.46. The lowest BCUT2D eigenvalue weighted by molar-refractivity contribution is 0.0573. The molecule has 2 N–H and O–H groups in total. The molecule has 20 heavy (non-hydrogen) atoms. The lowest BCUT2D eigenvalue weighted by Gasteiger charge is -2.38. The maximum atomic E-state index is 12.5. The number of carbonyl (C=O) groups excluding carboxylic acids is 2. The minimum absolute atomic E-state index is 0.00984.